The fraction of sp³-hybridized carbons (Fsp3) is 0.0500. The van der Waals surface area contributed by atoms with E-state index < -0.39 is 21.7 Å². The van der Waals surface area contributed by atoms with E-state index in [4.69, 9.17) is 4.74 Å². The normalized spacial score (nSPS) is 10.8. The molecule has 0 saturated heterocycles. The van der Waals surface area contributed by atoms with Crippen LogP contribution >= 0.6 is 0 Å². The lowest BCUT2D eigenvalue weighted by Gasteiger charge is -2.09. The summed E-state index contributed by atoms with van der Waals surface area (Å²) in [6.07, 6.45) is 2.49. The molecule has 0 spiro atoms. The van der Waals surface area contributed by atoms with Crippen molar-refractivity contribution >= 4 is 21.7 Å². The molecule has 1 heterocycles. The quantitative estimate of drug-likeness (QED) is 0.623. The van der Waals surface area contributed by atoms with Gasteiger partial charge in [-0.1, -0.05) is 18.2 Å². The van der Waals surface area contributed by atoms with Crippen LogP contribution in [-0.2, 0) is 9.84 Å². The molecule has 0 radical (unpaired) electrons. The minimum absolute atomic E-state index is 0.0474. The van der Waals surface area contributed by atoms with Crippen molar-refractivity contribution in [3.8, 4) is 11.5 Å². The molecule has 2 aromatic carbocycles. The molecule has 148 valence electrons. The number of aromatic nitrogens is 1. The monoisotopic (exact) mass is 411 g/mol. The van der Waals surface area contributed by atoms with Gasteiger partial charge in [0.25, 0.3) is 11.8 Å². The highest BCUT2D eigenvalue weighted by atomic mass is 32.2. The van der Waals surface area contributed by atoms with E-state index in [2.05, 4.69) is 15.8 Å². The number of ether oxygens (including phenoxy) is 1. The summed E-state index contributed by atoms with van der Waals surface area (Å²) >= 11 is 0. The molecule has 2 amide bonds. The number of amides is 2. The molecular formula is C20H17N3O5S. The van der Waals surface area contributed by atoms with Gasteiger partial charge < -0.3 is 4.74 Å². The van der Waals surface area contributed by atoms with Crippen molar-refractivity contribution in [2.24, 2.45) is 0 Å². The molecule has 29 heavy (non-hydrogen) atoms. The van der Waals surface area contributed by atoms with E-state index in [0.29, 0.717) is 11.5 Å². The first-order chi connectivity index (χ1) is 13.8. The molecule has 0 saturated carbocycles. The topological polar surface area (TPSA) is 114 Å². The third-order valence-corrected chi connectivity index (χ3v) is 4.91. The van der Waals surface area contributed by atoms with Gasteiger partial charge in [0.2, 0.25) is 0 Å². The summed E-state index contributed by atoms with van der Waals surface area (Å²) < 4.78 is 28.6. The van der Waals surface area contributed by atoms with E-state index in [1.165, 1.54) is 36.5 Å². The summed E-state index contributed by atoms with van der Waals surface area (Å²) in [5, 5.41) is 0. The van der Waals surface area contributed by atoms with E-state index in [1.54, 1.807) is 18.2 Å². The number of sulfone groups is 1. The maximum absolute atomic E-state index is 12.2. The molecule has 0 unspecified atom stereocenters. The highest BCUT2D eigenvalue weighted by Gasteiger charge is 2.13. The SMILES string of the molecule is CS(=O)(=O)c1ccc(C(=O)NNC(=O)c2cc(Oc3ccccc3)ccn2)cc1. The summed E-state index contributed by atoms with van der Waals surface area (Å²) in [5.41, 5.74) is 4.75. The summed E-state index contributed by atoms with van der Waals surface area (Å²) in [6, 6.07) is 17.4. The molecule has 0 fully saturated rings. The van der Waals surface area contributed by atoms with Crippen LogP contribution in [0.15, 0.2) is 77.8 Å². The number of hydrazine groups is 1. The van der Waals surface area contributed by atoms with E-state index in [1.807, 2.05) is 18.2 Å². The second-order valence-electron chi connectivity index (χ2n) is 6.00. The number of rotatable bonds is 5. The average molecular weight is 411 g/mol. The van der Waals surface area contributed by atoms with Gasteiger partial charge in [-0.25, -0.2) is 8.42 Å². The highest BCUT2D eigenvalue weighted by Crippen LogP contribution is 2.20. The number of hydrogen-bond acceptors (Lipinski definition) is 6. The number of nitrogens with one attached hydrogen (secondary N) is 2. The van der Waals surface area contributed by atoms with Crippen LogP contribution in [0.4, 0.5) is 0 Å². The van der Waals surface area contributed by atoms with Gasteiger partial charge in [-0.3, -0.25) is 25.4 Å². The lowest BCUT2D eigenvalue weighted by Crippen LogP contribution is -2.41. The predicted molar refractivity (Wildman–Crippen MR) is 105 cm³/mol. The van der Waals surface area contributed by atoms with E-state index in [-0.39, 0.29) is 16.2 Å². The van der Waals surface area contributed by atoms with E-state index in [0.717, 1.165) is 6.26 Å². The standard InChI is InChI=1S/C20H17N3O5S/c1-29(26,27)17-9-7-14(8-10-17)19(24)22-23-20(25)18-13-16(11-12-21-18)28-15-5-3-2-4-6-15/h2-13H,1H3,(H,22,24)(H,23,25). The zero-order valence-electron chi connectivity index (χ0n) is 15.3. The van der Waals surface area contributed by atoms with Crippen LogP contribution in [0.1, 0.15) is 20.8 Å². The summed E-state index contributed by atoms with van der Waals surface area (Å²) in [7, 11) is -3.36. The van der Waals surface area contributed by atoms with Crippen LogP contribution in [0.25, 0.3) is 0 Å². The molecule has 0 aliphatic heterocycles. The van der Waals surface area contributed by atoms with Crippen molar-refractivity contribution in [3.63, 3.8) is 0 Å². The number of para-hydroxylation sites is 1. The Bertz CT molecular complexity index is 1130. The number of hydrogen-bond donors (Lipinski definition) is 2. The van der Waals surface area contributed by atoms with E-state index >= 15 is 0 Å². The maximum Gasteiger partial charge on any atom is 0.288 e. The van der Waals surface area contributed by atoms with Gasteiger partial charge in [0.1, 0.15) is 17.2 Å². The zero-order chi connectivity index (χ0) is 20.9. The second kappa shape index (κ2) is 8.53. The molecule has 9 heteroatoms. The molecule has 0 bridgehead atoms. The molecule has 0 atom stereocenters. The molecule has 3 rings (SSSR count). The van der Waals surface area contributed by atoms with Crippen molar-refractivity contribution in [2.75, 3.05) is 6.26 Å². The molecule has 0 aliphatic rings. The smallest absolute Gasteiger partial charge is 0.288 e. The first-order valence-corrected chi connectivity index (χ1v) is 10.3. The molecule has 1 aromatic heterocycles. The summed E-state index contributed by atoms with van der Waals surface area (Å²) in [6.45, 7) is 0. The largest absolute Gasteiger partial charge is 0.457 e. The number of carbonyl (C=O) groups is 2. The lowest BCUT2D eigenvalue weighted by molar-refractivity contribution is 0.0844. The predicted octanol–water partition coefficient (Wildman–Crippen LogP) is 2.35. The Labute approximate surface area is 167 Å². The summed E-state index contributed by atoms with van der Waals surface area (Å²) in [5.74, 6) is -0.213. The van der Waals surface area contributed by atoms with Gasteiger partial charge in [0.15, 0.2) is 9.84 Å². The maximum atomic E-state index is 12.2. The molecule has 2 N–H and O–H groups in total. The van der Waals surface area contributed by atoms with Crippen LogP contribution in [0.2, 0.25) is 0 Å². The summed E-state index contributed by atoms with van der Waals surface area (Å²) in [4.78, 5) is 28.4. The first-order valence-electron chi connectivity index (χ1n) is 8.43. The van der Waals surface area contributed by atoms with Crippen LogP contribution in [0, 0.1) is 0 Å². The van der Waals surface area contributed by atoms with Crippen LogP contribution in [0.3, 0.4) is 0 Å². The third-order valence-electron chi connectivity index (χ3n) is 3.78. The molecule has 0 aliphatic carbocycles. The van der Waals surface area contributed by atoms with Crippen LogP contribution in [-0.4, -0.2) is 31.5 Å². The van der Waals surface area contributed by atoms with Gasteiger partial charge >= 0.3 is 0 Å². The minimum Gasteiger partial charge on any atom is -0.457 e. The zero-order valence-corrected chi connectivity index (χ0v) is 16.1. The lowest BCUT2D eigenvalue weighted by atomic mass is 10.2. The van der Waals surface area contributed by atoms with Crippen LogP contribution in [0.5, 0.6) is 11.5 Å². The second-order valence-corrected chi connectivity index (χ2v) is 8.01. The Morgan fingerprint density at radius 3 is 2.17 bits per heavy atom. The molecule has 8 nitrogen and oxygen atoms in total. The van der Waals surface area contributed by atoms with Gasteiger partial charge in [-0.2, -0.15) is 0 Å². The first kappa shape index (κ1) is 20.0. The minimum atomic E-state index is -3.36. The number of carbonyl (C=O) groups excluding carboxylic acids is 2. The molecular weight excluding hydrogens is 394 g/mol. The average Bonchev–Trinajstić information content (AvgIpc) is 2.72. The molecule has 3 aromatic rings. The number of benzene rings is 2. The van der Waals surface area contributed by atoms with Gasteiger partial charge in [-0.05, 0) is 42.5 Å². The Balaban J connectivity index is 1.62. The van der Waals surface area contributed by atoms with Gasteiger partial charge in [0, 0.05) is 24.1 Å². The van der Waals surface area contributed by atoms with Gasteiger partial charge in [0.05, 0.1) is 4.90 Å². The number of nitrogens with zero attached hydrogens (tertiary/aromatic N) is 1. The van der Waals surface area contributed by atoms with Crippen LogP contribution < -0.4 is 15.6 Å². The van der Waals surface area contributed by atoms with Crippen molar-refractivity contribution in [1.29, 1.82) is 0 Å². The fourth-order valence-electron chi connectivity index (χ4n) is 2.33. The van der Waals surface area contributed by atoms with E-state index in [9.17, 15) is 18.0 Å². The highest BCUT2D eigenvalue weighted by molar-refractivity contribution is 7.90. The Hall–Kier alpha value is -3.72. The Morgan fingerprint density at radius 1 is 0.862 bits per heavy atom. The van der Waals surface area contributed by atoms with Crippen molar-refractivity contribution < 1.29 is 22.7 Å². The number of pyridine rings is 1. The fourth-order valence-corrected chi connectivity index (χ4v) is 2.96. The third kappa shape index (κ3) is 5.39. The Morgan fingerprint density at radius 2 is 1.52 bits per heavy atom. The Kier molecular flexibility index (Phi) is 5.89. The van der Waals surface area contributed by atoms with Crippen molar-refractivity contribution in [3.05, 3.63) is 84.2 Å². The van der Waals surface area contributed by atoms with Gasteiger partial charge in [-0.15, -0.1) is 0 Å². The van der Waals surface area contributed by atoms with Crippen molar-refractivity contribution in [1.82, 2.24) is 15.8 Å². The van der Waals surface area contributed by atoms with Crippen molar-refractivity contribution in [2.45, 2.75) is 4.90 Å².